The summed E-state index contributed by atoms with van der Waals surface area (Å²) in [5, 5.41) is 20.1. The van der Waals surface area contributed by atoms with Crippen LogP contribution < -0.4 is 0 Å². The fourth-order valence-electron chi connectivity index (χ4n) is 3.80. The van der Waals surface area contributed by atoms with E-state index in [1.807, 2.05) is 25.9 Å². The number of rotatable bonds is 5. The Kier molecular flexibility index (Phi) is 5.71. The number of carbonyl (C=O) groups is 1. The summed E-state index contributed by atoms with van der Waals surface area (Å²) >= 11 is 0. The minimum absolute atomic E-state index is 0.0178. The van der Waals surface area contributed by atoms with Gasteiger partial charge in [0.25, 0.3) is 5.91 Å². The van der Waals surface area contributed by atoms with Crippen LogP contribution in [0.1, 0.15) is 52.9 Å². The van der Waals surface area contributed by atoms with Gasteiger partial charge < -0.3 is 20.0 Å². The van der Waals surface area contributed by atoms with Crippen LogP contribution in [0.3, 0.4) is 0 Å². The molecule has 2 N–H and O–H groups in total. The van der Waals surface area contributed by atoms with Gasteiger partial charge in [-0.15, -0.1) is 0 Å². The summed E-state index contributed by atoms with van der Waals surface area (Å²) in [5.74, 6) is -0.315. The molecule has 0 radical (unpaired) electrons. The smallest absolute Gasteiger partial charge is 0.258 e. The van der Waals surface area contributed by atoms with Gasteiger partial charge in [-0.3, -0.25) is 4.79 Å². The molecule has 1 aliphatic rings. The fraction of sp³-hybridized carbons (Fsp3) is 0.409. The minimum Gasteiger partial charge on any atom is -0.508 e. The number of carbonyl (C=O) groups excluding carboxylic acids is 1. The molecule has 1 aliphatic heterocycles. The third-order valence-electron chi connectivity index (χ3n) is 5.19. The molecule has 5 heteroatoms. The second kappa shape index (κ2) is 8.01. The normalized spacial score (nSPS) is 16.9. The summed E-state index contributed by atoms with van der Waals surface area (Å²) < 4.78 is 0. The second-order valence-corrected chi connectivity index (χ2v) is 7.49. The van der Waals surface area contributed by atoms with Gasteiger partial charge in [0.1, 0.15) is 11.5 Å². The summed E-state index contributed by atoms with van der Waals surface area (Å²) in [6.07, 6.45) is 2.46. The molecule has 27 heavy (non-hydrogen) atoms. The number of phenols is 2. The first-order chi connectivity index (χ1) is 12.9. The summed E-state index contributed by atoms with van der Waals surface area (Å²) in [4.78, 5) is 17.1. The van der Waals surface area contributed by atoms with E-state index in [1.54, 1.807) is 6.07 Å². The molecule has 1 fully saturated rings. The molecule has 1 amide bonds. The molecule has 0 spiro atoms. The summed E-state index contributed by atoms with van der Waals surface area (Å²) in [7, 11) is 4.08. The van der Waals surface area contributed by atoms with E-state index >= 15 is 0 Å². The highest BCUT2D eigenvalue weighted by molar-refractivity contribution is 5.97. The second-order valence-electron chi connectivity index (χ2n) is 7.49. The van der Waals surface area contributed by atoms with E-state index in [0.29, 0.717) is 18.5 Å². The molecular formula is C22H28N2O3. The molecule has 5 nitrogen and oxygen atoms in total. The molecule has 144 valence electrons. The van der Waals surface area contributed by atoms with E-state index < -0.39 is 0 Å². The van der Waals surface area contributed by atoms with Crippen LogP contribution in [0.25, 0.3) is 0 Å². The standard InChI is InChI=1S/C22H28N2O3/c1-4-16-12-18(21(26)13-20(16)25)22(27)24-11-5-6-19(24)17-9-7-15(8-10-17)14-23(2)3/h7-10,12-13,19,25-26H,4-6,11,14H2,1-3H3. The zero-order chi connectivity index (χ0) is 19.6. The minimum atomic E-state index is -0.179. The Morgan fingerprint density at radius 2 is 1.85 bits per heavy atom. The lowest BCUT2D eigenvalue weighted by molar-refractivity contribution is 0.0732. The van der Waals surface area contributed by atoms with Crippen LogP contribution in [0.5, 0.6) is 11.5 Å². The quantitative estimate of drug-likeness (QED) is 0.845. The first-order valence-corrected chi connectivity index (χ1v) is 9.50. The van der Waals surface area contributed by atoms with Gasteiger partial charge in [0.05, 0.1) is 11.6 Å². The Balaban J connectivity index is 1.85. The van der Waals surface area contributed by atoms with Crippen LogP contribution in [0.2, 0.25) is 0 Å². The van der Waals surface area contributed by atoms with Crippen LogP contribution in [0.4, 0.5) is 0 Å². The first-order valence-electron chi connectivity index (χ1n) is 9.50. The SMILES string of the molecule is CCc1cc(C(=O)N2CCCC2c2ccc(CN(C)C)cc2)c(O)cc1O. The number of likely N-dealkylation sites (tertiary alicyclic amines) is 1. The third kappa shape index (κ3) is 4.08. The average molecular weight is 368 g/mol. The summed E-state index contributed by atoms with van der Waals surface area (Å²) in [5.41, 5.74) is 3.29. The highest BCUT2D eigenvalue weighted by Gasteiger charge is 2.32. The highest BCUT2D eigenvalue weighted by Crippen LogP contribution is 2.36. The maximum Gasteiger partial charge on any atom is 0.258 e. The van der Waals surface area contributed by atoms with Crippen molar-refractivity contribution >= 4 is 5.91 Å². The number of nitrogens with zero attached hydrogens (tertiary/aromatic N) is 2. The van der Waals surface area contributed by atoms with Crippen molar-refractivity contribution in [2.24, 2.45) is 0 Å². The van der Waals surface area contributed by atoms with E-state index in [-0.39, 0.29) is 29.0 Å². The van der Waals surface area contributed by atoms with E-state index in [9.17, 15) is 15.0 Å². The fourth-order valence-corrected chi connectivity index (χ4v) is 3.80. The molecule has 2 aromatic rings. The number of hydrogen-bond acceptors (Lipinski definition) is 4. The zero-order valence-corrected chi connectivity index (χ0v) is 16.3. The topological polar surface area (TPSA) is 64.0 Å². The van der Waals surface area contributed by atoms with E-state index in [1.165, 1.54) is 11.6 Å². The molecule has 0 saturated carbocycles. The highest BCUT2D eigenvalue weighted by atomic mass is 16.3. The average Bonchev–Trinajstić information content (AvgIpc) is 3.11. The maximum absolute atomic E-state index is 13.1. The van der Waals surface area contributed by atoms with Crippen molar-refractivity contribution in [1.82, 2.24) is 9.80 Å². The van der Waals surface area contributed by atoms with Gasteiger partial charge in [-0.05, 0) is 56.1 Å². The maximum atomic E-state index is 13.1. The van der Waals surface area contributed by atoms with Crippen molar-refractivity contribution in [3.05, 3.63) is 58.7 Å². The van der Waals surface area contributed by atoms with Crippen LogP contribution in [0.15, 0.2) is 36.4 Å². The van der Waals surface area contributed by atoms with Gasteiger partial charge in [0, 0.05) is 19.2 Å². The Morgan fingerprint density at radius 1 is 1.15 bits per heavy atom. The monoisotopic (exact) mass is 368 g/mol. The molecule has 1 atom stereocenters. The van der Waals surface area contributed by atoms with Gasteiger partial charge in [0.15, 0.2) is 0 Å². The first kappa shape index (κ1) is 19.2. The predicted molar refractivity (Wildman–Crippen MR) is 106 cm³/mol. The number of phenolic OH excluding ortho intramolecular Hbond substituents is 2. The molecule has 3 rings (SSSR count). The van der Waals surface area contributed by atoms with E-state index in [0.717, 1.165) is 24.9 Å². The van der Waals surface area contributed by atoms with Gasteiger partial charge >= 0.3 is 0 Å². The van der Waals surface area contributed by atoms with Crippen molar-refractivity contribution in [1.29, 1.82) is 0 Å². The number of aryl methyl sites for hydroxylation is 1. The number of amides is 1. The van der Waals surface area contributed by atoms with Crippen molar-refractivity contribution < 1.29 is 15.0 Å². The molecule has 1 saturated heterocycles. The number of benzene rings is 2. The van der Waals surface area contributed by atoms with Crippen LogP contribution in [-0.2, 0) is 13.0 Å². The summed E-state index contributed by atoms with van der Waals surface area (Å²) in [6, 6.07) is 11.3. The van der Waals surface area contributed by atoms with Gasteiger partial charge in [-0.1, -0.05) is 31.2 Å². The molecule has 1 unspecified atom stereocenters. The lowest BCUT2D eigenvalue weighted by Gasteiger charge is -2.26. The van der Waals surface area contributed by atoms with Gasteiger partial charge in [-0.2, -0.15) is 0 Å². The Hall–Kier alpha value is -2.53. The largest absolute Gasteiger partial charge is 0.508 e. The lowest BCUT2D eigenvalue weighted by atomic mass is 10.0. The van der Waals surface area contributed by atoms with E-state index in [4.69, 9.17) is 0 Å². The summed E-state index contributed by atoms with van der Waals surface area (Å²) in [6.45, 7) is 3.47. The Morgan fingerprint density at radius 3 is 2.48 bits per heavy atom. The zero-order valence-electron chi connectivity index (χ0n) is 16.3. The number of hydrogen-bond donors (Lipinski definition) is 2. The third-order valence-corrected chi connectivity index (χ3v) is 5.19. The molecule has 0 aromatic heterocycles. The van der Waals surface area contributed by atoms with E-state index in [2.05, 4.69) is 29.2 Å². The molecule has 0 aliphatic carbocycles. The van der Waals surface area contributed by atoms with Crippen LogP contribution >= 0.6 is 0 Å². The van der Waals surface area contributed by atoms with Crippen molar-refractivity contribution in [3.8, 4) is 11.5 Å². The molecular weight excluding hydrogens is 340 g/mol. The molecule has 1 heterocycles. The number of aromatic hydroxyl groups is 2. The van der Waals surface area contributed by atoms with Crippen LogP contribution in [-0.4, -0.2) is 46.6 Å². The Labute approximate surface area is 160 Å². The molecule has 2 aromatic carbocycles. The Bertz CT molecular complexity index is 815. The molecule has 0 bridgehead atoms. The predicted octanol–water partition coefficient (Wildman–Crippen LogP) is 3.70. The lowest BCUT2D eigenvalue weighted by Crippen LogP contribution is -2.30. The van der Waals surface area contributed by atoms with Gasteiger partial charge in [0.2, 0.25) is 0 Å². The van der Waals surface area contributed by atoms with Gasteiger partial charge in [-0.25, -0.2) is 0 Å². The van der Waals surface area contributed by atoms with Crippen LogP contribution in [0, 0.1) is 0 Å². The van der Waals surface area contributed by atoms with Crippen molar-refractivity contribution in [2.45, 2.75) is 38.8 Å². The van der Waals surface area contributed by atoms with Crippen molar-refractivity contribution in [3.63, 3.8) is 0 Å². The van der Waals surface area contributed by atoms with Crippen molar-refractivity contribution in [2.75, 3.05) is 20.6 Å².